The molecule has 2 aromatic rings. The van der Waals surface area contributed by atoms with Crippen molar-refractivity contribution in [1.82, 2.24) is 10.9 Å². The highest BCUT2D eigenvalue weighted by molar-refractivity contribution is 7.85. The van der Waals surface area contributed by atoms with Crippen LogP contribution in [-0.2, 0) is 24.5 Å². The number of hydrazine groups is 1. The van der Waals surface area contributed by atoms with Gasteiger partial charge < -0.3 is 5.73 Å². The predicted octanol–water partition coefficient (Wildman–Crippen LogP) is 3.27. The predicted molar refractivity (Wildman–Crippen MR) is 161 cm³/mol. The van der Waals surface area contributed by atoms with Gasteiger partial charge in [0.2, 0.25) is 11.8 Å². The molecule has 0 saturated heterocycles. The molecule has 0 spiro atoms. The molecule has 8 N–H and O–H groups in total. The van der Waals surface area contributed by atoms with E-state index in [1.807, 2.05) is 51.1 Å². The summed E-state index contributed by atoms with van der Waals surface area (Å²) < 4.78 is 29.6. The number of allylic oxidation sites excluding steroid dienone is 1. The SMILES string of the molecule is CC(C)C[C@@H](C(=O)NN)[C@H](C(=O)NO)C(/C=C/c1ccccc1)(C(=O)[C@@H](C)N)C(C)C.Cc1ccc(S(=O)(=O)O)cc1. The molecule has 0 radical (unpaired) electrons. The first-order valence-corrected chi connectivity index (χ1v) is 15.0. The van der Waals surface area contributed by atoms with Crippen LogP contribution < -0.4 is 22.5 Å². The van der Waals surface area contributed by atoms with E-state index in [-0.39, 0.29) is 17.2 Å². The Morgan fingerprint density at radius 3 is 1.90 bits per heavy atom. The van der Waals surface area contributed by atoms with Gasteiger partial charge >= 0.3 is 0 Å². The van der Waals surface area contributed by atoms with Crippen LogP contribution in [0.25, 0.3) is 6.08 Å². The molecule has 0 aliphatic heterocycles. The topological polar surface area (TPSA) is 202 Å². The minimum Gasteiger partial charge on any atom is -0.322 e. The Morgan fingerprint density at radius 1 is 0.952 bits per heavy atom. The standard InChI is InChI=1S/C23H36N4O4.C7H8O3S/c1-14(2)13-18(21(29)26-25)19(22(30)27-31)23(15(3)4,20(28)16(5)24)12-11-17-9-7-6-8-10-17;1-6-2-4-7(5-3-6)11(8,9)10/h6-12,14-16,18-19,31H,13,24-25H2,1-5H3,(H,26,29)(H,27,30);2-5H,1H3,(H,8,9,10)/b12-11+;/t16-,18-,19-,23?;/m1./s1. The number of hydrogen-bond donors (Lipinski definition) is 6. The van der Waals surface area contributed by atoms with Crippen LogP contribution in [-0.4, -0.2) is 41.8 Å². The Labute approximate surface area is 248 Å². The highest BCUT2D eigenvalue weighted by Crippen LogP contribution is 2.45. The van der Waals surface area contributed by atoms with Crippen LogP contribution in [0.15, 0.2) is 65.6 Å². The summed E-state index contributed by atoms with van der Waals surface area (Å²) in [6, 6.07) is 14.4. The van der Waals surface area contributed by atoms with E-state index in [2.05, 4.69) is 5.43 Å². The monoisotopic (exact) mass is 604 g/mol. The lowest BCUT2D eigenvalue weighted by molar-refractivity contribution is -0.153. The van der Waals surface area contributed by atoms with Crippen molar-refractivity contribution in [3.63, 3.8) is 0 Å². The van der Waals surface area contributed by atoms with Crippen LogP contribution in [0.4, 0.5) is 0 Å². The van der Waals surface area contributed by atoms with E-state index >= 15 is 0 Å². The average molecular weight is 605 g/mol. The van der Waals surface area contributed by atoms with E-state index in [0.29, 0.717) is 0 Å². The lowest BCUT2D eigenvalue weighted by atomic mass is 9.58. The van der Waals surface area contributed by atoms with Gasteiger partial charge in [-0.1, -0.05) is 87.9 Å². The van der Waals surface area contributed by atoms with E-state index in [1.54, 1.807) is 50.5 Å². The molecule has 42 heavy (non-hydrogen) atoms. The molecule has 2 aromatic carbocycles. The van der Waals surface area contributed by atoms with Crippen molar-refractivity contribution in [2.24, 2.45) is 40.7 Å². The van der Waals surface area contributed by atoms with Crippen molar-refractivity contribution in [2.45, 2.75) is 58.9 Å². The number of nitrogens with one attached hydrogen (secondary N) is 2. The zero-order chi connectivity index (χ0) is 32.3. The summed E-state index contributed by atoms with van der Waals surface area (Å²) >= 11 is 0. The van der Waals surface area contributed by atoms with Crippen molar-refractivity contribution >= 4 is 33.8 Å². The van der Waals surface area contributed by atoms with Gasteiger partial charge in [0.05, 0.1) is 28.2 Å². The maximum Gasteiger partial charge on any atom is 0.294 e. The molecule has 11 nitrogen and oxygen atoms in total. The van der Waals surface area contributed by atoms with Crippen LogP contribution in [0.3, 0.4) is 0 Å². The average Bonchev–Trinajstić information content (AvgIpc) is 2.93. The summed E-state index contributed by atoms with van der Waals surface area (Å²) in [7, 11) is -4.02. The number of benzene rings is 2. The van der Waals surface area contributed by atoms with E-state index in [1.165, 1.54) is 12.1 Å². The van der Waals surface area contributed by atoms with Gasteiger partial charge in [-0.2, -0.15) is 8.42 Å². The highest BCUT2D eigenvalue weighted by Gasteiger charge is 2.54. The largest absolute Gasteiger partial charge is 0.322 e. The van der Waals surface area contributed by atoms with Crippen LogP contribution in [0.1, 0.15) is 52.2 Å². The maximum absolute atomic E-state index is 13.6. The molecule has 1 unspecified atom stereocenters. The van der Waals surface area contributed by atoms with Gasteiger partial charge in [-0.25, -0.2) is 11.3 Å². The zero-order valence-electron chi connectivity index (χ0n) is 24.9. The summed E-state index contributed by atoms with van der Waals surface area (Å²) in [4.78, 5) is 39.3. The molecule has 232 valence electrons. The molecule has 0 aliphatic carbocycles. The van der Waals surface area contributed by atoms with Gasteiger partial charge in [0, 0.05) is 0 Å². The smallest absolute Gasteiger partial charge is 0.294 e. The fourth-order valence-electron chi connectivity index (χ4n) is 4.89. The van der Waals surface area contributed by atoms with Gasteiger partial charge in [0.25, 0.3) is 10.1 Å². The van der Waals surface area contributed by atoms with Crippen molar-refractivity contribution < 1.29 is 32.6 Å². The molecule has 0 aliphatic rings. The summed E-state index contributed by atoms with van der Waals surface area (Å²) in [6.45, 7) is 10.8. The minimum atomic E-state index is -4.02. The summed E-state index contributed by atoms with van der Waals surface area (Å²) in [5, 5.41) is 9.56. The Kier molecular flexibility index (Phi) is 14.2. The van der Waals surface area contributed by atoms with Crippen molar-refractivity contribution in [1.29, 1.82) is 0 Å². The number of carbonyl (C=O) groups is 3. The molecule has 0 aromatic heterocycles. The Hall–Kier alpha value is -3.42. The number of hydrogen-bond acceptors (Lipinski definition) is 8. The molecule has 0 fully saturated rings. The van der Waals surface area contributed by atoms with E-state index < -0.39 is 56.9 Å². The molecule has 0 heterocycles. The molecular formula is C30H44N4O7S. The summed E-state index contributed by atoms with van der Waals surface area (Å²) in [5.41, 5.74) is 10.1. The van der Waals surface area contributed by atoms with Gasteiger partial charge in [0.15, 0.2) is 5.78 Å². The first kappa shape index (κ1) is 36.6. The maximum atomic E-state index is 13.6. The number of hydroxylamine groups is 1. The van der Waals surface area contributed by atoms with Crippen LogP contribution in [0, 0.1) is 36.0 Å². The molecule has 4 atom stereocenters. The third kappa shape index (κ3) is 9.85. The third-order valence-electron chi connectivity index (χ3n) is 6.98. The van der Waals surface area contributed by atoms with Crippen LogP contribution in [0.5, 0.6) is 0 Å². The minimum absolute atomic E-state index is 0.0182. The molecule has 0 bridgehead atoms. The normalized spacial score (nSPS) is 15.2. The lowest BCUT2D eigenvalue weighted by Crippen LogP contribution is -2.58. The van der Waals surface area contributed by atoms with Crippen molar-refractivity contribution in [3.8, 4) is 0 Å². The van der Waals surface area contributed by atoms with Gasteiger partial charge in [-0.15, -0.1) is 0 Å². The number of ketones is 1. The third-order valence-corrected chi connectivity index (χ3v) is 7.85. The first-order valence-electron chi connectivity index (χ1n) is 13.6. The number of carbonyl (C=O) groups excluding carboxylic acids is 3. The summed E-state index contributed by atoms with van der Waals surface area (Å²) in [6.07, 6.45) is 3.67. The molecular weight excluding hydrogens is 560 g/mol. The Morgan fingerprint density at radius 2 is 1.50 bits per heavy atom. The number of aryl methyl sites for hydroxylation is 1. The number of Topliss-reactive ketones (excluding diaryl/α,β-unsaturated/α-hetero) is 1. The number of nitrogens with two attached hydrogens (primary N) is 2. The Balaban J connectivity index is 0.000000666. The van der Waals surface area contributed by atoms with Gasteiger partial charge in [-0.05, 0) is 49.8 Å². The molecule has 2 rings (SSSR count). The fourth-order valence-corrected chi connectivity index (χ4v) is 5.37. The fraction of sp³-hybridized carbons (Fsp3) is 0.433. The lowest BCUT2D eigenvalue weighted by Gasteiger charge is -2.43. The second-order valence-corrected chi connectivity index (χ2v) is 12.4. The second-order valence-electron chi connectivity index (χ2n) is 11.0. The van der Waals surface area contributed by atoms with E-state index in [4.69, 9.17) is 16.1 Å². The second kappa shape index (κ2) is 16.3. The summed E-state index contributed by atoms with van der Waals surface area (Å²) in [5.74, 6) is 0.994. The van der Waals surface area contributed by atoms with Gasteiger partial charge in [0.1, 0.15) is 0 Å². The number of amides is 2. The van der Waals surface area contributed by atoms with E-state index in [0.717, 1.165) is 11.1 Å². The van der Waals surface area contributed by atoms with Crippen molar-refractivity contribution in [2.75, 3.05) is 0 Å². The highest BCUT2D eigenvalue weighted by atomic mass is 32.2. The first-order chi connectivity index (χ1) is 19.5. The van der Waals surface area contributed by atoms with Crippen LogP contribution in [0.2, 0.25) is 0 Å². The van der Waals surface area contributed by atoms with Gasteiger partial charge in [-0.3, -0.25) is 29.6 Å². The van der Waals surface area contributed by atoms with E-state index in [9.17, 15) is 28.0 Å². The Bertz CT molecular complexity index is 1310. The quantitative estimate of drug-likeness (QED) is 0.0691. The number of rotatable bonds is 12. The molecule has 0 saturated carbocycles. The zero-order valence-corrected chi connectivity index (χ0v) is 25.8. The molecule has 2 amide bonds. The van der Waals surface area contributed by atoms with Crippen molar-refractivity contribution in [3.05, 3.63) is 71.8 Å². The molecule has 12 heteroatoms. The van der Waals surface area contributed by atoms with Crippen LogP contribution >= 0.6 is 0 Å².